The Bertz CT molecular complexity index is 422. The molecule has 0 heterocycles. The lowest BCUT2D eigenvalue weighted by molar-refractivity contribution is 0.392. The SMILES string of the molecule is C=C[Si](C)(C)Oc1ccc(/C=C/C)cc1OC. The van der Waals surface area contributed by atoms with E-state index in [1.165, 1.54) is 0 Å². The lowest BCUT2D eigenvalue weighted by atomic mass is 10.2. The smallest absolute Gasteiger partial charge is 0.269 e. The van der Waals surface area contributed by atoms with Crippen LogP contribution < -0.4 is 9.16 Å². The standard InChI is InChI=1S/C14H20O2Si/c1-6-8-12-9-10-13(14(11-12)15-3)16-17(4,5)7-2/h6-11H,2H2,1,3-5H3/b8-6+. The van der Waals surface area contributed by atoms with Crippen LogP contribution in [0.2, 0.25) is 13.1 Å². The zero-order valence-corrected chi connectivity index (χ0v) is 12.0. The molecular formula is C14H20O2Si. The highest BCUT2D eigenvalue weighted by molar-refractivity contribution is 6.76. The fourth-order valence-electron chi connectivity index (χ4n) is 1.39. The van der Waals surface area contributed by atoms with E-state index in [0.29, 0.717) is 0 Å². The third-order valence-electron chi connectivity index (χ3n) is 2.41. The van der Waals surface area contributed by atoms with Crippen molar-refractivity contribution in [2.24, 2.45) is 0 Å². The Labute approximate surface area is 105 Å². The van der Waals surface area contributed by atoms with E-state index < -0.39 is 8.32 Å². The number of hydrogen-bond donors (Lipinski definition) is 0. The van der Waals surface area contributed by atoms with E-state index in [9.17, 15) is 0 Å². The van der Waals surface area contributed by atoms with Crippen LogP contribution in [0.1, 0.15) is 12.5 Å². The van der Waals surface area contributed by atoms with Crippen molar-refractivity contribution in [1.29, 1.82) is 0 Å². The van der Waals surface area contributed by atoms with Crippen LogP contribution in [0.5, 0.6) is 11.5 Å². The average Bonchev–Trinajstić information content (AvgIpc) is 2.31. The maximum absolute atomic E-state index is 5.98. The normalized spacial score (nSPS) is 11.5. The van der Waals surface area contributed by atoms with Gasteiger partial charge in [0.15, 0.2) is 5.75 Å². The van der Waals surface area contributed by atoms with E-state index in [0.717, 1.165) is 17.1 Å². The Morgan fingerprint density at radius 1 is 1.24 bits per heavy atom. The van der Waals surface area contributed by atoms with Crippen molar-refractivity contribution in [1.82, 2.24) is 0 Å². The molecule has 2 nitrogen and oxygen atoms in total. The predicted molar refractivity (Wildman–Crippen MR) is 76.0 cm³/mol. The molecule has 0 saturated heterocycles. The fourth-order valence-corrected chi connectivity index (χ4v) is 2.21. The lowest BCUT2D eigenvalue weighted by Gasteiger charge is -2.21. The Kier molecular flexibility index (Phi) is 4.58. The average molecular weight is 248 g/mol. The second kappa shape index (κ2) is 5.73. The van der Waals surface area contributed by atoms with Crippen molar-refractivity contribution in [3.63, 3.8) is 0 Å². The van der Waals surface area contributed by atoms with Crippen LogP contribution in [0.3, 0.4) is 0 Å². The van der Waals surface area contributed by atoms with Gasteiger partial charge >= 0.3 is 0 Å². The zero-order chi connectivity index (χ0) is 12.9. The molecule has 0 aliphatic rings. The minimum Gasteiger partial charge on any atom is -0.538 e. The van der Waals surface area contributed by atoms with Gasteiger partial charge in [-0.2, -0.15) is 0 Å². The summed E-state index contributed by atoms with van der Waals surface area (Å²) >= 11 is 0. The van der Waals surface area contributed by atoms with Crippen molar-refractivity contribution in [3.8, 4) is 11.5 Å². The molecule has 92 valence electrons. The van der Waals surface area contributed by atoms with Gasteiger partial charge in [0.1, 0.15) is 5.75 Å². The number of methoxy groups -OCH3 is 1. The van der Waals surface area contributed by atoms with Crippen LogP contribution in [0.25, 0.3) is 6.08 Å². The molecule has 0 fully saturated rings. The molecule has 0 spiro atoms. The highest BCUT2D eigenvalue weighted by Crippen LogP contribution is 2.30. The van der Waals surface area contributed by atoms with Gasteiger partial charge in [0.05, 0.1) is 7.11 Å². The van der Waals surface area contributed by atoms with Crippen LogP contribution in [-0.2, 0) is 0 Å². The van der Waals surface area contributed by atoms with Crippen LogP contribution in [0, 0.1) is 0 Å². The second-order valence-electron chi connectivity index (χ2n) is 4.32. The highest BCUT2D eigenvalue weighted by atomic mass is 28.4. The Hall–Kier alpha value is -1.48. The Balaban J connectivity index is 3.04. The maximum Gasteiger partial charge on any atom is 0.269 e. The molecule has 17 heavy (non-hydrogen) atoms. The maximum atomic E-state index is 5.98. The number of hydrogen-bond acceptors (Lipinski definition) is 2. The summed E-state index contributed by atoms with van der Waals surface area (Å²) in [4.78, 5) is 0. The molecule has 0 aliphatic carbocycles. The van der Waals surface area contributed by atoms with Crippen molar-refractivity contribution in [2.45, 2.75) is 20.0 Å². The van der Waals surface area contributed by atoms with Crippen molar-refractivity contribution >= 4 is 14.4 Å². The number of benzene rings is 1. The number of allylic oxidation sites excluding steroid dienone is 1. The molecule has 0 aliphatic heterocycles. The summed E-state index contributed by atoms with van der Waals surface area (Å²) in [7, 11) is -0.179. The van der Waals surface area contributed by atoms with E-state index in [4.69, 9.17) is 9.16 Å². The molecule has 0 bridgehead atoms. The summed E-state index contributed by atoms with van der Waals surface area (Å²) in [6.07, 6.45) is 4.03. The van der Waals surface area contributed by atoms with E-state index in [1.807, 2.05) is 43.0 Å². The topological polar surface area (TPSA) is 18.5 Å². The summed E-state index contributed by atoms with van der Waals surface area (Å²) < 4.78 is 11.3. The lowest BCUT2D eigenvalue weighted by Crippen LogP contribution is -2.31. The van der Waals surface area contributed by atoms with Gasteiger partial charge < -0.3 is 9.16 Å². The third-order valence-corrected chi connectivity index (χ3v) is 4.14. The molecule has 1 aromatic rings. The second-order valence-corrected chi connectivity index (χ2v) is 8.14. The van der Waals surface area contributed by atoms with Crippen molar-refractivity contribution in [3.05, 3.63) is 42.1 Å². The molecule has 1 rings (SSSR count). The van der Waals surface area contributed by atoms with Gasteiger partial charge in [-0.3, -0.25) is 0 Å². The molecule has 0 N–H and O–H groups in total. The van der Waals surface area contributed by atoms with E-state index in [1.54, 1.807) is 7.11 Å². The van der Waals surface area contributed by atoms with Crippen molar-refractivity contribution < 1.29 is 9.16 Å². The Morgan fingerprint density at radius 2 is 1.94 bits per heavy atom. The largest absolute Gasteiger partial charge is 0.538 e. The van der Waals surface area contributed by atoms with E-state index >= 15 is 0 Å². The predicted octanol–water partition coefficient (Wildman–Crippen LogP) is 4.04. The minimum atomic E-state index is -1.84. The molecular weight excluding hydrogens is 228 g/mol. The molecule has 0 radical (unpaired) electrons. The number of rotatable bonds is 5. The first-order valence-electron chi connectivity index (χ1n) is 5.65. The molecule has 3 heteroatoms. The molecule has 0 aromatic heterocycles. The monoisotopic (exact) mass is 248 g/mol. The van der Waals surface area contributed by atoms with Gasteiger partial charge in [0.2, 0.25) is 0 Å². The van der Waals surface area contributed by atoms with Gasteiger partial charge in [-0.15, -0.1) is 6.58 Å². The fraction of sp³-hybridized carbons (Fsp3) is 0.286. The van der Waals surface area contributed by atoms with Crippen molar-refractivity contribution in [2.75, 3.05) is 7.11 Å². The van der Waals surface area contributed by atoms with E-state index in [2.05, 4.69) is 19.7 Å². The van der Waals surface area contributed by atoms with Crippen LogP contribution in [0.15, 0.2) is 36.6 Å². The van der Waals surface area contributed by atoms with Crippen LogP contribution in [-0.4, -0.2) is 15.4 Å². The molecule has 0 amide bonds. The third kappa shape index (κ3) is 3.78. The summed E-state index contributed by atoms with van der Waals surface area (Å²) in [5, 5.41) is 0. The number of ether oxygens (including phenoxy) is 1. The first kappa shape index (κ1) is 13.6. The Morgan fingerprint density at radius 3 is 2.47 bits per heavy atom. The summed E-state index contributed by atoms with van der Waals surface area (Å²) in [5.74, 6) is 1.56. The summed E-state index contributed by atoms with van der Waals surface area (Å²) in [6, 6.07) is 5.95. The van der Waals surface area contributed by atoms with Gasteiger partial charge in [-0.25, -0.2) is 0 Å². The van der Waals surface area contributed by atoms with Gasteiger partial charge in [0, 0.05) is 0 Å². The summed E-state index contributed by atoms with van der Waals surface area (Å²) in [6.45, 7) is 10.00. The zero-order valence-electron chi connectivity index (χ0n) is 11.0. The molecule has 0 unspecified atom stereocenters. The quantitative estimate of drug-likeness (QED) is 0.732. The highest BCUT2D eigenvalue weighted by Gasteiger charge is 2.21. The van der Waals surface area contributed by atoms with Gasteiger partial charge in [-0.1, -0.05) is 23.9 Å². The van der Waals surface area contributed by atoms with Gasteiger partial charge in [0.25, 0.3) is 8.32 Å². The molecule has 0 atom stereocenters. The van der Waals surface area contributed by atoms with Crippen LogP contribution >= 0.6 is 0 Å². The first-order valence-corrected chi connectivity index (χ1v) is 8.64. The molecule has 0 saturated carbocycles. The van der Waals surface area contributed by atoms with Gasteiger partial charge in [-0.05, 0) is 37.7 Å². The van der Waals surface area contributed by atoms with Crippen LogP contribution in [0.4, 0.5) is 0 Å². The summed E-state index contributed by atoms with van der Waals surface area (Å²) in [5.41, 5.74) is 3.02. The van der Waals surface area contributed by atoms with E-state index in [-0.39, 0.29) is 0 Å². The minimum absolute atomic E-state index is 0.767. The first-order chi connectivity index (χ1) is 8.02. The molecule has 1 aromatic carbocycles.